The van der Waals surface area contributed by atoms with E-state index in [-0.39, 0.29) is 23.7 Å². The van der Waals surface area contributed by atoms with E-state index in [1.165, 1.54) is 28.9 Å². The van der Waals surface area contributed by atoms with Crippen molar-refractivity contribution in [3.63, 3.8) is 0 Å². The van der Waals surface area contributed by atoms with Crippen LogP contribution in [-0.2, 0) is 11.3 Å². The third-order valence-electron chi connectivity index (χ3n) is 3.19. The number of para-hydroxylation sites is 2. The first-order valence-electron chi connectivity index (χ1n) is 7.19. The van der Waals surface area contributed by atoms with E-state index >= 15 is 0 Å². The van der Waals surface area contributed by atoms with E-state index in [9.17, 15) is 13.6 Å². The molecule has 0 unspecified atom stereocenters. The summed E-state index contributed by atoms with van der Waals surface area (Å²) in [5.41, 5.74) is 0.585. The normalized spacial score (nSPS) is 10.7. The lowest BCUT2D eigenvalue weighted by atomic mass is 10.2. The Bertz CT molecular complexity index is 855. The number of aromatic nitrogens is 4. The largest absolute Gasteiger partial charge is 0.454 e. The number of alkyl halides is 2. The first kappa shape index (κ1) is 16.5. The summed E-state index contributed by atoms with van der Waals surface area (Å²) >= 11 is 0. The predicted octanol–water partition coefficient (Wildman–Crippen LogP) is 2.62. The number of tetrazole rings is 1. The van der Waals surface area contributed by atoms with Gasteiger partial charge in [-0.05, 0) is 34.7 Å². The molecule has 0 radical (unpaired) electrons. The quantitative estimate of drug-likeness (QED) is 0.639. The lowest BCUT2D eigenvalue weighted by Gasteiger charge is -2.10. The molecule has 3 rings (SSSR count). The molecule has 128 valence electrons. The average Bonchev–Trinajstić information content (AvgIpc) is 3.09. The zero-order valence-corrected chi connectivity index (χ0v) is 12.8. The van der Waals surface area contributed by atoms with Crippen molar-refractivity contribution in [2.24, 2.45) is 0 Å². The van der Waals surface area contributed by atoms with Gasteiger partial charge in [0.15, 0.2) is 12.4 Å². The van der Waals surface area contributed by atoms with Crippen LogP contribution in [0.5, 0.6) is 5.75 Å². The summed E-state index contributed by atoms with van der Waals surface area (Å²) in [6, 6.07) is 14.6. The molecule has 0 saturated carbocycles. The smallest absolute Gasteiger partial charge is 0.387 e. The summed E-state index contributed by atoms with van der Waals surface area (Å²) in [6.07, 6.45) is 0. The Hall–Kier alpha value is -3.36. The maximum Gasteiger partial charge on any atom is 0.387 e. The van der Waals surface area contributed by atoms with E-state index < -0.39 is 12.6 Å². The zero-order valence-electron chi connectivity index (χ0n) is 12.8. The fourth-order valence-electron chi connectivity index (χ4n) is 2.11. The van der Waals surface area contributed by atoms with Gasteiger partial charge in [-0.2, -0.15) is 13.5 Å². The van der Waals surface area contributed by atoms with Gasteiger partial charge in [0.05, 0.1) is 5.69 Å². The molecule has 0 aliphatic heterocycles. The Morgan fingerprint density at radius 2 is 1.80 bits per heavy atom. The first-order chi connectivity index (χ1) is 12.1. The first-order valence-corrected chi connectivity index (χ1v) is 7.19. The highest BCUT2D eigenvalue weighted by atomic mass is 19.3. The average molecular weight is 346 g/mol. The molecule has 2 aromatic carbocycles. The van der Waals surface area contributed by atoms with Gasteiger partial charge in [-0.15, -0.1) is 5.10 Å². The maximum atomic E-state index is 12.4. The van der Waals surface area contributed by atoms with E-state index in [4.69, 9.17) is 4.74 Å². The Morgan fingerprint density at radius 3 is 2.56 bits per heavy atom. The highest BCUT2D eigenvalue weighted by Crippen LogP contribution is 2.21. The van der Waals surface area contributed by atoms with Crippen molar-refractivity contribution in [3.05, 3.63) is 66.0 Å². The van der Waals surface area contributed by atoms with Gasteiger partial charge < -0.3 is 9.47 Å². The number of halogens is 2. The van der Waals surface area contributed by atoms with Crippen LogP contribution in [0.1, 0.15) is 16.2 Å². The lowest BCUT2D eigenvalue weighted by Crippen LogP contribution is -2.12. The van der Waals surface area contributed by atoms with Gasteiger partial charge in [0.2, 0.25) is 0 Å². The standard InChI is InChI=1S/C16H12F2N4O3/c17-16(18)25-13-9-5-4-8-12(13)15(23)24-10-14-19-20-21-22(14)11-6-2-1-3-7-11/h1-9,16H,10H2. The molecule has 0 amide bonds. The van der Waals surface area contributed by atoms with Gasteiger partial charge in [-0.25, -0.2) is 4.79 Å². The fraction of sp³-hybridized carbons (Fsp3) is 0.125. The third kappa shape index (κ3) is 3.94. The van der Waals surface area contributed by atoms with Crippen molar-refractivity contribution in [2.75, 3.05) is 0 Å². The van der Waals surface area contributed by atoms with Crippen LogP contribution in [0, 0.1) is 0 Å². The number of rotatable bonds is 6. The molecule has 0 spiro atoms. The van der Waals surface area contributed by atoms with Gasteiger partial charge in [-0.3, -0.25) is 0 Å². The highest BCUT2D eigenvalue weighted by molar-refractivity contribution is 5.92. The number of hydrogen-bond donors (Lipinski definition) is 0. The van der Waals surface area contributed by atoms with Crippen LogP contribution >= 0.6 is 0 Å². The summed E-state index contributed by atoms with van der Waals surface area (Å²) < 4.78 is 35.7. The molecule has 0 N–H and O–H groups in total. The second-order valence-electron chi connectivity index (χ2n) is 4.79. The predicted molar refractivity (Wildman–Crippen MR) is 81.3 cm³/mol. The van der Waals surface area contributed by atoms with Crippen LogP contribution in [0.25, 0.3) is 5.69 Å². The number of nitrogens with zero attached hydrogens (tertiary/aromatic N) is 4. The molecule has 0 saturated heterocycles. The maximum absolute atomic E-state index is 12.4. The third-order valence-corrected chi connectivity index (χ3v) is 3.19. The topological polar surface area (TPSA) is 79.1 Å². The molecule has 9 heteroatoms. The van der Waals surface area contributed by atoms with Crippen LogP contribution in [-0.4, -0.2) is 32.8 Å². The molecular weight excluding hydrogens is 334 g/mol. The summed E-state index contributed by atoms with van der Waals surface area (Å²) in [6.45, 7) is -3.27. The molecular formula is C16H12F2N4O3. The molecule has 0 atom stereocenters. The number of carbonyl (C=O) groups is 1. The molecule has 3 aromatic rings. The summed E-state index contributed by atoms with van der Waals surface area (Å²) in [4.78, 5) is 12.2. The van der Waals surface area contributed by atoms with E-state index in [2.05, 4.69) is 20.3 Å². The Morgan fingerprint density at radius 1 is 1.08 bits per heavy atom. The van der Waals surface area contributed by atoms with Crippen molar-refractivity contribution in [2.45, 2.75) is 13.2 Å². The van der Waals surface area contributed by atoms with Crippen molar-refractivity contribution < 1.29 is 23.0 Å². The molecule has 0 fully saturated rings. The number of hydrogen-bond acceptors (Lipinski definition) is 6. The summed E-state index contributed by atoms with van der Waals surface area (Å²) in [5, 5.41) is 11.2. The molecule has 7 nitrogen and oxygen atoms in total. The minimum atomic E-state index is -3.04. The molecule has 0 aliphatic carbocycles. The van der Waals surface area contributed by atoms with E-state index in [0.29, 0.717) is 5.69 Å². The second kappa shape index (κ2) is 7.47. The SMILES string of the molecule is O=C(OCc1nnnn1-c1ccccc1)c1ccccc1OC(F)F. The Labute approximate surface area is 140 Å². The van der Waals surface area contributed by atoms with Crippen LogP contribution in [0.4, 0.5) is 8.78 Å². The number of carbonyl (C=O) groups excluding carboxylic acids is 1. The fourth-order valence-corrected chi connectivity index (χ4v) is 2.11. The Balaban J connectivity index is 1.73. The molecule has 1 aromatic heterocycles. The van der Waals surface area contributed by atoms with Gasteiger partial charge in [0.1, 0.15) is 11.3 Å². The van der Waals surface area contributed by atoms with E-state index in [0.717, 1.165) is 0 Å². The van der Waals surface area contributed by atoms with Crippen LogP contribution < -0.4 is 4.74 Å². The van der Waals surface area contributed by atoms with Gasteiger partial charge in [-0.1, -0.05) is 30.3 Å². The van der Waals surface area contributed by atoms with Gasteiger partial charge in [0, 0.05) is 0 Å². The number of ether oxygens (including phenoxy) is 2. The molecule has 0 bridgehead atoms. The molecule has 1 heterocycles. The van der Waals surface area contributed by atoms with E-state index in [1.807, 2.05) is 18.2 Å². The summed E-state index contributed by atoms with van der Waals surface area (Å²) in [5.74, 6) is -0.796. The second-order valence-corrected chi connectivity index (χ2v) is 4.79. The number of esters is 1. The zero-order chi connectivity index (χ0) is 17.6. The van der Waals surface area contributed by atoms with Crippen LogP contribution in [0.15, 0.2) is 54.6 Å². The van der Waals surface area contributed by atoms with Gasteiger partial charge in [0.25, 0.3) is 0 Å². The highest BCUT2D eigenvalue weighted by Gasteiger charge is 2.18. The number of benzene rings is 2. The van der Waals surface area contributed by atoms with Crippen molar-refractivity contribution in [3.8, 4) is 11.4 Å². The Kier molecular flexibility index (Phi) is 4.93. The van der Waals surface area contributed by atoms with Crippen molar-refractivity contribution in [1.82, 2.24) is 20.2 Å². The monoisotopic (exact) mass is 346 g/mol. The van der Waals surface area contributed by atoms with E-state index in [1.54, 1.807) is 12.1 Å². The molecule has 0 aliphatic rings. The van der Waals surface area contributed by atoms with Gasteiger partial charge >= 0.3 is 12.6 Å². The van der Waals surface area contributed by atoms with Crippen molar-refractivity contribution in [1.29, 1.82) is 0 Å². The van der Waals surface area contributed by atoms with Crippen LogP contribution in [0.3, 0.4) is 0 Å². The summed E-state index contributed by atoms with van der Waals surface area (Å²) in [7, 11) is 0. The van der Waals surface area contributed by atoms with Crippen LogP contribution in [0.2, 0.25) is 0 Å². The molecule has 25 heavy (non-hydrogen) atoms. The minimum Gasteiger partial charge on any atom is -0.454 e. The minimum absolute atomic E-state index is 0.110. The van der Waals surface area contributed by atoms with Crippen molar-refractivity contribution >= 4 is 5.97 Å². The lowest BCUT2D eigenvalue weighted by molar-refractivity contribution is -0.0505.